The van der Waals surface area contributed by atoms with Gasteiger partial charge in [0.05, 0.1) is 0 Å². The number of anilines is 2. The molecule has 0 aliphatic carbocycles. The molecule has 2 heteroatoms. The molecule has 1 aliphatic rings. The Hall–Kier alpha value is -2.74. The first-order valence-corrected chi connectivity index (χ1v) is 10.4. The zero-order valence-corrected chi connectivity index (χ0v) is 18.7. The fourth-order valence-corrected chi connectivity index (χ4v) is 4.36. The maximum Gasteiger partial charge on any atom is 0.0447 e. The molecule has 0 atom stereocenters. The van der Waals surface area contributed by atoms with Crippen LogP contribution < -0.4 is 10.2 Å². The first-order chi connectivity index (χ1) is 13.8. The van der Waals surface area contributed by atoms with Crippen LogP contribution in [0, 0.1) is 0 Å². The van der Waals surface area contributed by atoms with Crippen LogP contribution in [0.2, 0.25) is 0 Å². The van der Waals surface area contributed by atoms with Gasteiger partial charge in [-0.25, -0.2) is 0 Å². The minimum absolute atomic E-state index is 0.0260. The van der Waals surface area contributed by atoms with E-state index < -0.39 is 0 Å². The number of benzene rings is 2. The van der Waals surface area contributed by atoms with Gasteiger partial charge in [0, 0.05) is 36.6 Å². The molecule has 0 unspecified atom stereocenters. The second-order valence-electron chi connectivity index (χ2n) is 8.95. The number of likely N-dealkylation sites (N-methyl/N-ethyl adjacent to an activating group) is 1. The topological polar surface area (TPSA) is 15.3 Å². The van der Waals surface area contributed by atoms with Crippen LogP contribution in [0.15, 0.2) is 84.6 Å². The fourth-order valence-electron chi connectivity index (χ4n) is 4.36. The Morgan fingerprint density at radius 2 is 1.66 bits per heavy atom. The van der Waals surface area contributed by atoms with E-state index in [2.05, 4.69) is 124 Å². The van der Waals surface area contributed by atoms with Crippen LogP contribution in [0.25, 0.3) is 0 Å². The van der Waals surface area contributed by atoms with Gasteiger partial charge in [-0.05, 0) is 41.2 Å². The maximum absolute atomic E-state index is 3.31. The van der Waals surface area contributed by atoms with E-state index in [1.165, 1.54) is 28.2 Å². The Bertz CT molecular complexity index is 945. The summed E-state index contributed by atoms with van der Waals surface area (Å²) in [6, 6.07) is 17.2. The molecule has 2 nitrogen and oxygen atoms in total. The summed E-state index contributed by atoms with van der Waals surface area (Å²) in [5.74, 6) is 0. The molecular weight excluding hydrogens is 352 g/mol. The predicted octanol–water partition coefficient (Wildman–Crippen LogP) is 6.82. The minimum atomic E-state index is 0.0260. The molecule has 0 radical (unpaired) electrons. The number of para-hydroxylation sites is 2. The van der Waals surface area contributed by atoms with Gasteiger partial charge in [-0.2, -0.15) is 0 Å². The van der Waals surface area contributed by atoms with Crippen LogP contribution in [0.3, 0.4) is 0 Å². The van der Waals surface area contributed by atoms with Gasteiger partial charge in [-0.1, -0.05) is 88.4 Å². The zero-order chi connectivity index (χ0) is 21.1. The second-order valence-corrected chi connectivity index (χ2v) is 8.95. The van der Waals surface area contributed by atoms with Crippen molar-refractivity contribution < 1.29 is 0 Å². The SMILES string of the molecule is CNc1ccccc1C(C)(C)C/C=C/C=C/C=C1/N(C)c2ccccc2C1(C)C. The van der Waals surface area contributed by atoms with Crippen molar-refractivity contribution in [3.05, 3.63) is 95.7 Å². The number of hydrogen-bond donors (Lipinski definition) is 1. The number of hydrogen-bond acceptors (Lipinski definition) is 2. The average Bonchev–Trinajstić information content (AvgIpc) is 2.91. The quantitative estimate of drug-likeness (QED) is 0.548. The second kappa shape index (κ2) is 8.32. The van der Waals surface area contributed by atoms with Crippen molar-refractivity contribution in [2.24, 2.45) is 0 Å². The first kappa shape index (κ1) is 21.0. The number of nitrogens with one attached hydrogen (secondary N) is 1. The smallest absolute Gasteiger partial charge is 0.0447 e. The van der Waals surface area contributed by atoms with Gasteiger partial charge in [0.2, 0.25) is 0 Å². The van der Waals surface area contributed by atoms with Crippen molar-refractivity contribution >= 4 is 11.4 Å². The molecule has 2 aromatic carbocycles. The Balaban J connectivity index is 1.68. The van der Waals surface area contributed by atoms with Gasteiger partial charge in [0.15, 0.2) is 0 Å². The molecule has 1 heterocycles. The fraction of sp³-hybridized carbons (Fsp3) is 0.333. The number of allylic oxidation sites excluding steroid dienone is 6. The minimum Gasteiger partial charge on any atom is -0.388 e. The molecule has 2 aromatic rings. The summed E-state index contributed by atoms with van der Waals surface area (Å²) < 4.78 is 0. The zero-order valence-electron chi connectivity index (χ0n) is 18.7. The highest BCUT2D eigenvalue weighted by Crippen LogP contribution is 2.46. The molecule has 0 amide bonds. The molecule has 0 bridgehead atoms. The highest BCUT2D eigenvalue weighted by Gasteiger charge is 2.37. The molecule has 0 fully saturated rings. The van der Waals surface area contributed by atoms with Gasteiger partial charge in [-0.15, -0.1) is 0 Å². The highest BCUT2D eigenvalue weighted by atomic mass is 15.2. The average molecular weight is 387 g/mol. The number of fused-ring (bicyclic) bond motifs is 1. The maximum atomic E-state index is 3.31. The summed E-state index contributed by atoms with van der Waals surface area (Å²) in [6.45, 7) is 9.19. The molecule has 1 aliphatic heterocycles. The third-order valence-corrected chi connectivity index (χ3v) is 6.11. The Morgan fingerprint density at radius 1 is 0.966 bits per heavy atom. The molecule has 0 aromatic heterocycles. The monoisotopic (exact) mass is 386 g/mol. The highest BCUT2D eigenvalue weighted by molar-refractivity contribution is 5.70. The third kappa shape index (κ3) is 4.17. The summed E-state index contributed by atoms with van der Waals surface area (Å²) in [5.41, 5.74) is 6.69. The van der Waals surface area contributed by atoms with Crippen molar-refractivity contribution in [2.75, 3.05) is 24.3 Å². The van der Waals surface area contributed by atoms with E-state index in [9.17, 15) is 0 Å². The van der Waals surface area contributed by atoms with E-state index in [0.29, 0.717) is 0 Å². The van der Waals surface area contributed by atoms with Crippen LogP contribution in [0.5, 0.6) is 0 Å². The van der Waals surface area contributed by atoms with Crippen molar-refractivity contribution in [3.63, 3.8) is 0 Å². The summed E-state index contributed by atoms with van der Waals surface area (Å²) in [4.78, 5) is 2.31. The molecular formula is C27H34N2. The molecule has 29 heavy (non-hydrogen) atoms. The Kier molecular flexibility index (Phi) is 6.02. The van der Waals surface area contributed by atoms with E-state index in [1.54, 1.807) is 0 Å². The van der Waals surface area contributed by atoms with E-state index in [4.69, 9.17) is 0 Å². The van der Waals surface area contributed by atoms with E-state index in [-0.39, 0.29) is 10.8 Å². The summed E-state index contributed by atoms with van der Waals surface area (Å²) in [5, 5.41) is 3.31. The Labute approximate surface area is 176 Å². The Morgan fingerprint density at radius 3 is 2.38 bits per heavy atom. The summed E-state index contributed by atoms with van der Waals surface area (Å²) in [7, 11) is 4.14. The van der Waals surface area contributed by atoms with Crippen molar-refractivity contribution in [2.45, 2.75) is 44.9 Å². The third-order valence-electron chi connectivity index (χ3n) is 6.11. The normalized spacial score (nSPS) is 17.4. The summed E-state index contributed by atoms with van der Waals surface area (Å²) in [6.07, 6.45) is 12.0. The summed E-state index contributed by atoms with van der Waals surface area (Å²) >= 11 is 0. The van der Waals surface area contributed by atoms with Gasteiger partial charge >= 0.3 is 0 Å². The van der Waals surface area contributed by atoms with E-state index >= 15 is 0 Å². The van der Waals surface area contributed by atoms with Crippen molar-refractivity contribution in [1.82, 2.24) is 0 Å². The van der Waals surface area contributed by atoms with E-state index in [1.807, 2.05) is 7.05 Å². The van der Waals surface area contributed by atoms with Gasteiger partial charge in [-0.3, -0.25) is 0 Å². The first-order valence-electron chi connectivity index (χ1n) is 10.4. The van der Waals surface area contributed by atoms with E-state index in [0.717, 1.165) is 6.42 Å². The lowest BCUT2D eigenvalue weighted by molar-refractivity contribution is 0.536. The van der Waals surface area contributed by atoms with Crippen LogP contribution >= 0.6 is 0 Å². The lowest BCUT2D eigenvalue weighted by Crippen LogP contribution is -2.22. The van der Waals surface area contributed by atoms with Crippen LogP contribution in [-0.2, 0) is 10.8 Å². The van der Waals surface area contributed by atoms with Crippen LogP contribution in [0.1, 0.15) is 45.2 Å². The molecule has 0 spiro atoms. The van der Waals surface area contributed by atoms with Gasteiger partial charge < -0.3 is 10.2 Å². The van der Waals surface area contributed by atoms with Gasteiger partial charge in [0.1, 0.15) is 0 Å². The molecule has 0 saturated carbocycles. The number of nitrogens with zero attached hydrogens (tertiary/aromatic N) is 1. The number of rotatable bonds is 6. The lowest BCUT2D eigenvalue weighted by atomic mass is 9.80. The largest absolute Gasteiger partial charge is 0.388 e. The van der Waals surface area contributed by atoms with Crippen LogP contribution in [-0.4, -0.2) is 14.1 Å². The predicted molar refractivity (Wildman–Crippen MR) is 128 cm³/mol. The molecule has 152 valence electrons. The standard InChI is InChI=1S/C27H34N2/c1-26(2,21-15-10-12-17-23(21)28-5)20-14-8-7-9-19-25-27(3,4)22-16-11-13-18-24(22)29(25)6/h7-19,28H,20H2,1-6H3/b9-7+,14-8+,25-19+. The van der Waals surface area contributed by atoms with Crippen molar-refractivity contribution in [1.29, 1.82) is 0 Å². The van der Waals surface area contributed by atoms with Crippen LogP contribution in [0.4, 0.5) is 11.4 Å². The molecule has 0 saturated heterocycles. The molecule has 1 N–H and O–H groups in total. The van der Waals surface area contributed by atoms with Gasteiger partial charge in [0.25, 0.3) is 0 Å². The molecule has 3 rings (SSSR count). The van der Waals surface area contributed by atoms with Crippen molar-refractivity contribution in [3.8, 4) is 0 Å². The lowest BCUT2D eigenvalue weighted by Gasteiger charge is -2.26.